The zero-order chi connectivity index (χ0) is 13.3. The number of carboxylic acids is 1. The summed E-state index contributed by atoms with van der Waals surface area (Å²) in [5, 5.41) is 9.05. The zero-order valence-corrected chi connectivity index (χ0v) is 10.4. The van der Waals surface area contributed by atoms with Crippen LogP contribution in [-0.2, 0) is 4.79 Å². The molecule has 0 saturated carbocycles. The zero-order valence-electron chi connectivity index (χ0n) is 9.60. The van der Waals surface area contributed by atoms with Crippen molar-refractivity contribution in [2.75, 3.05) is 11.4 Å². The van der Waals surface area contributed by atoms with Crippen LogP contribution in [-0.4, -0.2) is 29.6 Å². The van der Waals surface area contributed by atoms with Gasteiger partial charge in [-0.2, -0.15) is 0 Å². The highest BCUT2D eigenvalue weighted by atomic mass is 35.5. The van der Waals surface area contributed by atoms with Gasteiger partial charge in [-0.25, -0.2) is 4.79 Å². The Morgan fingerprint density at radius 2 is 2.17 bits per heavy atom. The Morgan fingerprint density at radius 1 is 1.44 bits per heavy atom. The third-order valence-corrected chi connectivity index (χ3v) is 3.41. The molecule has 1 amide bonds. The number of hydrogen-bond acceptors (Lipinski definition) is 3. The van der Waals surface area contributed by atoms with Crippen molar-refractivity contribution in [2.24, 2.45) is 5.73 Å². The van der Waals surface area contributed by atoms with E-state index in [1.807, 2.05) is 4.90 Å². The standard InChI is InChI=1S/C12H13ClN2O3/c13-9-6-7(3-4-8(9)12(17)18)15-5-1-2-10(15)11(14)16/h3-4,6,10H,1-2,5H2,(H2,14,16)(H,17,18). The third-order valence-electron chi connectivity index (χ3n) is 3.10. The smallest absolute Gasteiger partial charge is 0.337 e. The maximum Gasteiger partial charge on any atom is 0.337 e. The normalized spacial score (nSPS) is 18.9. The molecule has 1 aliphatic rings. The Hall–Kier alpha value is -1.75. The lowest BCUT2D eigenvalue weighted by atomic mass is 10.1. The Morgan fingerprint density at radius 3 is 2.72 bits per heavy atom. The molecule has 1 aromatic carbocycles. The van der Waals surface area contributed by atoms with Gasteiger partial charge >= 0.3 is 5.97 Å². The summed E-state index contributed by atoms with van der Waals surface area (Å²) in [4.78, 5) is 24.0. The van der Waals surface area contributed by atoms with Crippen LogP contribution in [0.15, 0.2) is 18.2 Å². The van der Waals surface area contributed by atoms with Crippen LogP contribution in [0.3, 0.4) is 0 Å². The van der Waals surface area contributed by atoms with E-state index in [1.54, 1.807) is 12.1 Å². The van der Waals surface area contributed by atoms with Crippen LogP contribution < -0.4 is 10.6 Å². The van der Waals surface area contributed by atoms with E-state index in [4.69, 9.17) is 22.4 Å². The lowest BCUT2D eigenvalue weighted by molar-refractivity contribution is -0.119. The van der Waals surface area contributed by atoms with Gasteiger partial charge in [0.25, 0.3) is 0 Å². The van der Waals surface area contributed by atoms with Gasteiger partial charge in [0.1, 0.15) is 6.04 Å². The molecule has 1 saturated heterocycles. The number of primary amides is 1. The van der Waals surface area contributed by atoms with Crippen molar-refractivity contribution < 1.29 is 14.7 Å². The summed E-state index contributed by atoms with van der Waals surface area (Å²) >= 11 is 5.91. The molecule has 18 heavy (non-hydrogen) atoms. The fourth-order valence-electron chi connectivity index (χ4n) is 2.23. The number of carbonyl (C=O) groups is 2. The first-order valence-electron chi connectivity index (χ1n) is 5.59. The van der Waals surface area contributed by atoms with E-state index >= 15 is 0 Å². The number of halogens is 1. The van der Waals surface area contributed by atoms with E-state index in [0.717, 1.165) is 18.7 Å². The quantitative estimate of drug-likeness (QED) is 0.870. The number of carbonyl (C=O) groups excluding carboxylic acids is 1. The molecule has 1 fully saturated rings. The van der Waals surface area contributed by atoms with Gasteiger partial charge < -0.3 is 15.7 Å². The van der Waals surface area contributed by atoms with Crippen molar-refractivity contribution in [2.45, 2.75) is 18.9 Å². The largest absolute Gasteiger partial charge is 0.478 e. The predicted octanol–water partition coefficient (Wildman–Crippen LogP) is 1.49. The van der Waals surface area contributed by atoms with Gasteiger partial charge in [0, 0.05) is 12.2 Å². The molecule has 0 radical (unpaired) electrons. The van der Waals surface area contributed by atoms with Crippen molar-refractivity contribution in [3.05, 3.63) is 28.8 Å². The molecule has 1 aliphatic heterocycles. The molecule has 5 nitrogen and oxygen atoms in total. The number of nitrogens with zero attached hydrogens (tertiary/aromatic N) is 1. The highest BCUT2D eigenvalue weighted by molar-refractivity contribution is 6.33. The molecule has 0 aromatic heterocycles. The van der Waals surface area contributed by atoms with Gasteiger partial charge in [-0.15, -0.1) is 0 Å². The van der Waals surface area contributed by atoms with Crippen LogP contribution in [0, 0.1) is 0 Å². The van der Waals surface area contributed by atoms with E-state index in [-0.39, 0.29) is 22.5 Å². The second-order valence-corrected chi connectivity index (χ2v) is 4.63. The van der Waals surface area contributed by atoms with Gasteiger partial charge in [-0.3, -0.25) is 4.79 Å². The minimum atomic E-state index is -1.07. The molecule has 1 heterocycles. The fourth-order valence-corrected chi connectivity index (χ4v) is 2.48. The van der Waals surface area contributed by atoms with Crippen molar-refractivity contribution in [1.82, 2.24) is 0 Å². The topological polar surface area (TPSA) is 83.6 Å². The first kappa shape index (κ1) is 12.7. The highest BCUT2D eigenvalue weighted by Gasteiger charge is 2.29. The van der Waals surface area contributed by atoms with Crippen LogP contribution in [0.4, 0.5) is 5.69 Å². The lowest BCUT2D eigenvalue weighted by Gasteiger charge is -2.24. The fraction of sp³-hybridized carbons (Fsp3) is 0.333. The first-order chi connectivity index (χ1) is 8.50. The molecular weight excluding hydrogens is 256 g/mol. The number of anilines is 1. The average molecular weight is 269 g/mol. The minimum absolute atomic E-state index is 0.0511. The summed E-state index contributed by atoms with van der Waals surface area (Å²) in [5.74, 6) is -1.44. The first-order valence-corrected chi connectivity index (χ1v) is 5.97. The van der Waals surface area contributed by atoms with Crippen LogP contribution in [0.5, 0.6) is 0 Å². The predicted molar refractivity (Wildman–Crippen MR) is 68.0 cm³/mol. The molecule has 1 unspecified atom stereocenters. The summed E-state index contributed by atoms with van der Waals surface area (Å²) in [6, 6.07) is 4.32. The molecule has 96 valence electrons. The van der Waals surface area contributed by atoms with Crippen molar-refractivity contribution in [3.8, 4) is 0 Å². The molecule has 0 spiro atoms. The maximum absolute atomic E-state index is 11.3. The Balaban J connectivity index is 2.32. The number of nitrogens with two attached hydrogens (primary N) is 1. The SMILES string of the molecule is NC(=O)C1CCCN1c1ccc(C(=O)O)c(Cl)c1. The van der Waals surface area contributed by atoms with E-state index in [0.29, 0.717) is 6.42 Å². The molecule has 1 aromatic rings. The molecule has 1 atom stereocenters. The molecule has 6 heteroatoms. The van der Waals surface area contributed by atoms with Crippen LogP contribution in [0.2, 0.25) is 5.02 Å². The second kappa shape index (κ2) is 4.86. The second-order valence-electron chi connectivity index (χ2n) is 4.22. The molecule has 3 N–H and O–H groups in total. The lowest BCUT2D eigenvalue weighted by Crippen LogP contribution is -2.40. The van der Waals surface area contributed by atoms with E-state index in [9.17, 15) is 9.59 Å². The van der Waals surface area contributed by atoms with Crippen LogP contribution in [0.25, 0.3) is 0 Å². The Labute approximate surface area is 109 Å². The number of aromatic carboxylic acids is 1. The van der Waals surface area contributed by atoms with E-state index in [1.165, 1.54) is 6.07 Å². The van der Waals surface area contributed by atoms with Gasteiger partial charge in [0.05, 0.1) is 10.6 Å². The molecule has 0 aliphatic carbocycles. The van der Waals surface area contributed by atoms with Crippen LogP contribution in [0.1, 0.15) is 23.2 Å². The average Bonchev–Trinajstić information content (AvgIpc) is 2.77. The van der Waals surface area contributed by atoms with Crippen molar-refractivity contribution in [1.29, 1.82) is 0 Å². The summed E-state index contributed by atoms with van der Waals surface area (Å²) in [6.45, 7) is 0.719. The van der Waals surface area contributed by atoms with Gasteiger partial charge in [-0.1, -0.05) is 11.6 Å². The summed E-state index contributed by atoms with van der Waals surface area (Å²) < 4.78 is 0. The Bertz CT molecular complexity index is 504. The molecular formula is C12H13ClN2O3. The van der Waals surface area contributed by atoms with Crippen molar-refractivity contribution >= 4 is 29.2 Å². The number of hydrogen-bond donors (Lipinski definition) is 2. The third kappa shape index (κ3) is 2.26. The minimum Gasteiger partial charge on any atom is -0.478 e. The van der Waals surface area contributed by atoms with Gasteiger partial charge in [0.2, 0.25) is 5.91 Å². The number of benzene rings is 1. The number of rotatable bonds is 3. The van der Waals surface area contributed by atoms with E-state index in [2.05, 4.69) is 0 Å². The summed E-state index contributed by atoms with van der Waals surface area (Å²) in [7, 11) is 0. The number of amides is 1. The Kier molecular flexibility index (Phi) is 3.43. The monoisotopic (exact) mass is 268 g/mol. The molecule has 2 rings (SSSR count). The highest BCUT2D eigenvalue weighted by Crippen LogP contribution is 2.29. The maximum atomic E-state index is 11.3. The summed E-state index contributed by atoms with van der Waals surface area (Å²) in [6.07, 6.45) is 1.60. The number of carboxylic acid groups (broad SMARTS) is 1. The summed E-state index contributed by atoms with van der Waals surface area (Å²) in [5.41, 5.74) is 6.11. The van der Waals surface area contributed by atoms with Gasteiger partial charge in [0.15, 0.2) is 0 Å². The van der Waals surface area contributed by atoms with Crippen LogP contribution >= 0.6 is 11.6 Å². The van der Waals surface area contributed by atoms with E-state index < -0.39 is 5.97 Å². The van der Waals surface area contributed by atoms with Gasteiger partial charge in [-0.05, 0) is 31.0 Å². The molecule has 0 bridgehead atoms. The van der Waals surface area contributed by atoms with Crippen molar-refractivity contribution in [3.63, 3.8) is 0 Å².